The van der Waals surface area contributed by atoms with E-state index in [4.69, 9.17) is 11.6 Å². The summed E-state index contributed by atoms with van der Waals surface area (Å²) < 4.78 is 0. The van der Waals surface area contributed by atoms with Gasteiger partial charge in [0.05, 0.1) is 5.41 Å². The Hall–Kier alpha value is -1.06. The summed E-state index contributed by atoms with van der Waals surface area (Å²) in [5.41, 5.74) is 0.790. The summed E-state index contributed by atoms with van der Waals surface area (Å²) in [5.74, 6) is 0.281. The van der Waals surface area contributed by atoms with Gasteiger partial charge in [-0.05, 0) is 37.5 Å². The first-order valence-corrected chi connectivity index (χ1v) is 7.28. The normalized spacial score (nSPS) is 25.2. The standard InChI is InChI=1S/C15H19ClN2O/c1-11-10-18(8-7-17-11)14(19)15(5-6-15)12-3-2-4-13(16)9-12/h2-4,9,11,17H,5-8,10H2,1H3. The van der Waals surface area contributed by atoms with E-state index in [1.54, 1.807) is 0 Å². The zero-order chi connectivity index (χ0) is 13.5. The average molecular weight is 279 g/mol. The Morgan fingerprint density at radius 1 is 1.47 bits per heavy atom. The van der Waals surface area contributed by atoms with E-state index in [1.165, 1.54) is 0 Å². The number of rotatable bonds is 2. The Bertz CT molecular complexity index is 499. The highest BCUT2D eigenvalue weighted by molar-refractivity contribution is 6.30. The molecule has 4 heteroatoms. The van der Waals surface area contributed by atoms with Gasteiger partial charge in [0, 0.05) is 30.7 Å². The van der Waals surface area contributed by atoms with Crippen molar-refractivity contribution in [1.29, 1.82) is 0 Å². The molecule has 3 rings (SSSR count). The minimum Gasteiger partial charge on any atom is -0.339 e. The van der Waals surface area contributed by atoms with Gasteiger partial charge in [0.1, 0.15) is 0 Å². The maximum Gasteiger partial charge on any atom is 0.233 e. The summed E-state index contributed by atoms with van der Waals surface area (Å²) in [6.07, 6.45) is 1.90. The third-order valence-corrected chi connectivity index (χ3v) is 4.43. The monoisotopic (exact) mass is 278 g/mol. The third kappa shape index (κ3) is 2.37. The van der Waals surface area contributed by atoms with Crippen LogP contribution in [0.2, 0.25) is 5.02 Å². The largest absolute Gasteiger partial charge is 0.339 e. The smallest absolute Gasteiger partial charge is 0.233 e. The van der Waals surface area contributed by atoms with Crippen LogP contribution in [-0.4, -0.2) is 36.5 Å². The summed E-state index contributed by atoms with van der Waals surface area (Å²) in [6, 6.07) is 8.15. The molecule has 1 aliphatic heterocycles. The van der Waals surface area contributed by atoms with Crippen LogP contribution in [0.4, 0.5) is 0 Å². The number of benzene rings is 1. The number of piperazine rings is 1. The number of amides is 1. The molecule has 1 N–H and O–H groups in total. The maximum absolute atomic E-state index is 12.8. The molecule has 102 valence electrons. The van der Waals surface area contributed by atoms with Gasteiger partial charge in [0.2, 0.25) is 5.91 Å². The van der Waals surface area contributed by atoms with Crippen molar-refractivity contribution in [3.05, 3.63) is 34.9 Å². The number of halogens is 1. The highest BCUT2D eigenvalue weighted by Gasteiger charge is 2.53. The van der Waals surface area contributed by atoms with Crippen LogP contribution in [0.15, 0.2) is 24.3 Å². The summed E-state index contributed by atoms with van der Waals surface area (Å²) in [6.45, 7) is 4.63. The Kier molecular flexibility index (Phi) is 3.27. The van der Waals surface area contributed by atoms with E-state index in [9.17, 15) is 4.79 Å². The van der Waals surface area contributed by atoms with Crippen molar-refractivity contribution in [2.75, 3.05) is 19.6 Å². The molecule has 1 unspecified atom stereocenters. The van der Waals surface area contributed by atoms with Gasteiger partial charge in [-0.1, -0.05) is 23.7 Å². The number of nitrogens with one attached hydrogen (secondary N) is 1. The topological polar surface area (TPSA) is 32.3 Å². The molecule has 0 spiro atoms. The fourth-order valence-corrected chi connectivity index (χ4v) is 3.15. The summed E-state index contributed by atoms with van der Waals surface area (Å²) in [4.78, 5) is 14.8. The molecule has 1 aromatic rings. The van der Waals surface area contributed by atoms with E-state index in [-0.39, 0.29) is 11.3 Å². The van der Waals surface area contributed by atoms with E-state index in [0.29, 0.717) is 11.1 Å². The van der Waals surface area contributed by atoms with Gasteiger partial charge in [0.25, 0.3) is 0 Å². The molecule has 1 atom stereocenters. The van der Waals surface area contributed by atoms with E-state index in [2.05, 4.69) is 12.2 Å². The summed E-state index contributed by atoms with van der Waals surface area (Å²) in [5, 5.41) is 4.09. The molecule has 19 heavy (non-hydrogen) atoms. The first-order chi connectivity index (χ1) is 9.12. The fraction of sp³-hybridized carbons (Fsp3) is 0.533. The first-order valence-electron chi connectivity index (χ1n) is 6.91. The molecule has 1 saturated carbocycles. The lowest BCUT2D eigenvalue weighted by molar-refractivity contribution is -0.135. The zero-order valence-electron chi connectivity index (χ0n) is 11.2. The predicted octanol–water partition coefficient (Wildman–Crippen LogP) is 2.19. The van der Waals surface area contributed by atoms with E-state index >= 15 is 0 Å². The lowest BCUT2D eigenvalue weighted by atomic mass is 9.94. The molecule has 0 radical (unpaired) electrons. The van der Waals surface area contributed by atoms with E-state index in [1.807, 2.05) is 29.2 Å². The van der Waals surface area contributed by atoms with Crippen LogP contribution in [-0.2, 0) is 10.2 Å². The van der Waals surface area contributed by atoms with E-state index in [0.717, 1.165) is 38.0 Å². The van der Waals surface area contributed by atoms with Gasteiger partial charge < -0.3 is 10.2 Å². The molecular formula is C15H19ClN2O. The quantitative estimate of drug-likeness (QED) is 0.899. The first kappa shape index (κ1) is 12.9. The average Bonchev–Trinajstić information content (AvgIpc) is 3.19. The fourth-order valence-electron chi connectivity index (χ4n) is 2.96. The number of carbonyl (C=O) groups excluding carboxylic acids is 1. The number of nitrogens with zero attached hydrogens (tertiary/aromatic N) is 1. The number of carbonyl (C=O) groups is 1. The lowest BCUT2D eigenvalue weighted by Gasteiger charge is -2.34. The second-order valence-electron chi connectivity index (χ2n) is 5.70. The molecule has 1 saturated heterocycles. The van der Waals surface area contributed by atoms with Crippen molar-refractivity contribution in [3.63, 3.8) is 0 Å². The minimum atomic E-state index is -0.290. The third-order valence-electron chi connectivity index (χ3n) is 4.19. The van der Waals surface area contributed by atoms with Gasteiger partial charge in [-0.25, -0.2) is 0 Å². The molecule has 1 amide bonds. The van der Waals surface area contributed by atoms with Crippen molar-refractivity contribution in [1.82, 2.24) is 10.2 Å². The van der Waals surface area contributed by atoms with Crippen LogP contribution in [0.25, 0.3) is 0 Å². The van der Waals surface area contributed by atoms with Crippen LogP contribution in [0.3, 0.4) is 0 Å². The van der Waals surface area contributed by atoms with Crippen molar-refractivity contribution in [2.45, 2.75) is 31.2 Å². The van der Waals surface area contributed by atoms with Crippen molar-refractivity contribution in [2.24, 2.45) is 0 Å². The second kappa shape index (κ2) is 4.80. The van der Waals surface area contributed by atoms with Crippen molar-refractivity contribution >= 4 is 17.5 Å². The summed E-state index contributed by atoms with van der Waals surface area (Å²) >= 11 is 6.06. The zero-order valence-corrected chi connectivity index (χ0v) is 11.9. The highest BCUT2D eigenvalue weighted by atomic mass is 35.5. The van der Waals surface area contributed by atoms with Crippen molar-refractivity contribution in [3.8, 4) is 0 Å². The molecule has 2 aliphatic rings. The van der Waals surface area contributed by atoms with Gasteiger partial charge in [-0.3, -0.25) is 4.79 Å². The van der Waals surface area contributed by atoms with Crippen molar-refractivity contribution < 1.29 is 4.79 Å². The Morgan fingerprint density at radius 3 is 2.89 bits per heavy atom. The van der Waals surface area contributed by atoms with Gasteiger partial charge in [0.15, 0.2) is 0 Å². The Morgan fingerprint density at radius 2 is 2.26 bits per heavy atom. The van der Waals surface area contributed by atoms with Crippen LogP contribution in [0.5, 0.6) is 0 Å². The molecule has 0 aromatic heterocycles. The molecule has 1 heterocycles. The van der Waals surface area contributed by atoms with Gasteiger partial charge in [-0.2, -0.15) is 0 Å². The Labute approximate surface area is 118 Å². The predicted molar refractivity (Wildman–Crippen MR) is 76.4 cm³/mol. The number of hydrogen-bond acceptors (Lipinski definition) is 2. The molecular weight excluding hydrogens is 260 g/mol. The Balaban J connectivity index is 1.82. The SMILES string of the molecule is CC1CN(C(=O)C2(c3cccc(Cl)c3)CC2)CCN1. The maximum atomic E-state index is 12.8. The van der Waals surface area contributed by atoms with Crippen LogP contribution >= 0.6 is 11.6 Å². The second-order valence-corrected chi connectivity index (χ2v) is 6.14. The lowest BCUT2D eigenvalue weighted by Crippen LogP contribution is -2.53. The molecule has 2 fully saturated rings. The molecule has 1 aliphatic carbocycles. The van der Waals surface area contributed by atoms with E-state index < -0.39 is 0 Å². The highest BCUT2D eigenvalue weighted by Crippen LogP contribution is 2.50. The molecule has 3 nitrogen and oxygen atoms in total. The minimum absolute atomic E-state index is 0.281. The van der Waals surface area contributed by atoms with Crippen LogP contribution in [0.1, 0.15) is 25.3 Å². The van der Waals surface area contributed by atoms with Gasteiger partial charge in [-0.15, -0.1) is 0 Å². The van der Waals surface area contributed by atoms with Crippen LogP contribution in [0, 0.1) is 0 Å². The summed E-state index contributed by atoms with van der Waals surface area (Å²) in [7, 11) is 0. The van der Waals surface area contributed by atoms with Crippen LogP contribution < -0.4 is 5.32 Å². The number of hydrogen-bond donors (Lipinski definition) is 1. The van der Waals surface area contributed by atoms with Gasteiger partial charge >= 0.3 is 0 Å². The molecule has 1 aromatic carbocycles. The molecule has 0 bridgehead atoms.